The van der Waals surface area contributed by atoms with Crippen LogP contribution in [-0.4, -0.2) is 35.2 Å². The van der Waals surface area contributed by atoms with E-state index in [1.54, 1.807) is 0 Å². The number of benzene rings is 1. The van der Waals surface area contributed by atoms with E-state index in [1.807, 2.05) is 6.07 Å². The van der Waals surface area contributed by atoms with Gasteiger partial charge in [-0.05, 0) is 51.6 Å². The Morgan fingerprint density at radius 3 is 2.26 bits per heavy atom. The van der Waals surface area contributed by atoms with Crippen molar-refractivity contribution in [1.29, 1.82) is 0 Å². The molecule has 1 aliphatic carbocycles. The van der Waals surface area contributed by atoms with Gasteiger partial charge in [0.25, 0.3) is 0 Å². The summed E-state index contributed by atoms with van der Waals surface area (Å²) in [4.78, 5) is 2.21. The van der Waals surface area contributed by atoms with Gasteiger partial charge in [0.2, 0.25) is 0 Å². The molecule has 0 amide bonds. The minimum absolute atomic E-state index is 0.410. The van der Waals surface area contributed by atoms with Crippen LogP contribution in [0.2, 0.25) is 0 Å². The molecule has 1 aromatic carbocycles. The summed E-state index contributed by atoms with van der Waals surface area (Å²) < 4.78 is 0. The van der Waals surface area contributed by atoms with Crippen LogP contribution in [0.3, 0.4) is 0 Å². The molecule has 2 aromatic rings. The fraction of sp³-hybridized carbons (Fsp3) is 0.474. The number of rotatable bonds is 5. The molecule has 4 heteroatoms. The van der Waals surface area contributed by atoms with E-state index in [0.29, 0.717) is 12.1 Å². The molecule has 1 saturated carbocycles. The molecular weight excluding hydrogens is 284 g/mol. The first-order valence-electron chi connectivity index (χ1n) is 8.50. The summed E-state index contributed by atoms with van der Waals surface area (Å²) in [6.45, 7) is 2.21. The fourth-order valence-corrected chi connectivity index (χ4v) is 3.07. The molecule has 1 N–H and O–H groups in total. The number of nitrogens with one attached hydrogen (secondary N) is 1. The predicted octanol–water partition coefficient (Wildman–Crippen LogP) is 4.12. The van der Waals surface area contributed by atoms with Gasteiger partial charge in [-0.15, -0.1) is 10.2 Å². The molecule has 1 atom stereocenters. The smallest absolute Gasteiger partial charge is 0.148 e. The predicted molar refractivity (Wildman–Crippen MR) is 95.4 cm³/mol. The quantitative estimate of drug-likeness (QED) is 0.902. The summed E-state index contributed by atoms with van der Waals surface area (Å²) >= 11 is 0. The molecule has 1 fully saturated rings. The van der Waals surface area contributed by atoms with Crippen molar-refractivity contribution in [1.82, 2.24) is 15.1 Å². The maximum atomic E-state index is 4.38. The van der Waals surface area contributed by atoms with Gasteiger partial charge in [-0.3, -0.25) is 0 Å². The molecule has 0 saturated heterocycles. The second-order valence-corrected chi connectivity index (χ2v) is 6.69. The number of hydrogen-bond donors (Lipinski definition) is 1. The van der Waals surface area contributed by atoms with Crippen molar-refractivity contribution < 1.29 is 0 Å². The van der Waals surface area contributed by atoms with Crippen LogP contribution in [0.5, 0.6) is 0 Å². The Balaban J connectivity index is 1.69. The summed E-state index contributed by atoms with van der Waals surface area (Å²) in [5.41, 5.74) is 3.34. The highest BCUT2D eigenvalue weighted by molar-refractivity contribution is 5.60. The van der Waals surface area contributed by atoms with Crippen LogP contribution in [-0.2, 0) is 0 Å². The molecule has 4 nitrogen and oxygen atoms in total. The summed E-state index contributed by atoms with van der Waals surface area (Å²) in [7, 11) is 4.19. The Morgan fingerprint density at radius 2 is 1.70 bits per heavy atom. The standard InChI is InChI=1S/C19H26N4/c1-14(23(2)3)15-8-10-16(11-9-15)18-12-13-19(22-21-18)20-17-6-4-5-7-17/h8-14,17H,4-7H2,1-3H3,(H,20,22)/t14-/m0/s1. The SMILES string of the molecule is C[C@@H](c1ccc(-c2ccc(NC3CCCC3)nn2)cc1)N(C)C. The monoisotopic (exact) mass is 310 g/mol. The molecule has 1 aromatic heterocycles. The topological polar surface area (TPSA) is 41.1 Å². The average molecular weight is 310 g/mol. The van der Waals surface area contributed by atoms with Crippen molar-refractivity contribution in [2.45, 2.75) is 44.7 Å². The van der Waals surface area contributed by atoms with Crippen molar-refractivity contribution in [3.8, 4) is 11.3 Å². The molecule has 0 bridgehead atoms. The van der Waals surface area contributed by atoms with Gasteiger partial charge in [-0.1, -0.05) is 37.1 Å². The maximum absolute atomic E-state index is 4.38. The first-order chi connectivity index (χ1) is 11.1. The molecule has 23 heavy (non-hydrogen) atoms. The minimum atomic E-state index is 0.410. The third kappa shape index (κ3) is 3.88. The maximum Gasteiger partial charge on any atom is 0.148 e. The second-order valence-electron chi connectivity index (χ2n) is 6.69. The van der Waals surface area contributed by atoms with Crippen LogP contribution in [0.15, 0.2) is 36.4 Å². The van der Waals surface area contributed by atoms with Gasteiger partial charge in [0.05, 0.1) is 5.69 Å². The van der Waals surface area contributed by atoms with Crippen molar-refractivity contribution in [2.75, 3.05) is 19.4 Å². The van der Waals surface area contributed by atoms with Crippen LogP contribution >= 0.6 is 0 Å². The molecule has 3 rings (SSSR count). The highest BCUT2D eigenvalue weighted by Crippen LogP contribution is 2.24. The highest BCUT2D eigenvalue weighted by Gasteiger charge is 2.15. The lowest BCUT2D eigenvalue weighted by molar-refractivity contribution is 0.321. The third-order valence-corrected chi connectivity index (χ3v) is 4.84. The summed E-state index contributed by atoms with van der Waals surface area (Å²) in [6.07, 6.45) is 5.13. The lowest BCUT2D eigenvalue weighted by Crippen LogP contribution is -2.16. The zero-order valence-electron chi connectivity index (χ0n) is 14.3. The van der Waals surface area contributed by atoms with E-state index in [2.05, 4.69) is 71.8 Å². The molecule has 1 heterocycles. The minimum Gasteiger partial charge on any atom is -0.366 e. The van der Waals surface area contributed by atoms with Gasteiger partial charge in [0.1, 0.15) is 5.82 Å². The number of aromatic nitrogens is 2. The normalized spacial score (nSPS) is 16.7. The van der Waals surface area contributed by atoms with Gasteiger partial charge in [0, 0.05) is 17.6 Å². The molecule has 0 radical (unpaired) electrons. The summed E-state index contributed by atoms with van der Waals surface area (Å²) in [6, 6.07) is 13.7. The van der Waals surface area contributed by atoms with Crippen molar-refractivity contribution in [3.63, 3.8) is 0 Å². The first-order valence-corrected chi connectivity index (χ1v) is 8.50. The van der Waals surface area contributed by atoms with Gasteiger partial charge < -0.3 is 10.2 Å². The molecule has 1 aliphatic rings. The second kappa shape index (κ2) is 7.09. The molecule has 0 aliphatic heterocycles. The summed E-state index contributed by atoms with van der Waals surface area (Å²) in [5.74, 6) is 0.888. The van der Waals surface area contributed by atoms with Crippen LogP contribution < -0.4 is 5.32 Å². The van der Waals surface area contributed by atoms with Crippen molar-refractivity contribution in [3.05, 3.63) is 42.0 Å². The Bertz CT molecular complexity index is 613. The Kier molecular flexibility index (Phi) is 4.91. The van der Waals surface area contributed by atoms with Gasteiger partial charge >= 0.3 is 0 Å². The van der Waals surface area contributed by atoms with E-state index < -0.39 is 0 Å². The number of nitrogens with zero attached hydrogens (tertiary/aromatic N) is 3. The Morgan fingerprint density at radius 1 is 1.00 bits per heavy atom. The van der Waals surface area contributed by atoms with Crippen LogP contribution in [0.25, 0.3) is 11.3 Å². The molecule has 0 spiro atoms. The van der Waals surface area contributed by atoms with Crippen LogP contribution in [0.1, 0.15) is 44.2 Å². The molecular formula is C19H26N4. The van der Waals surface area contributed by atoms with Gasteiger partial charge in [-0.2, -0.15) is 0 Å². The fourth-order valence-electron chi connectivity index (χ4n) is 3.07. The summed E-state index contributed by atoms with van der Waals surface area (Å²) in [5, 5.41) is 12.2. The van der Waals surface area contributed by atoms with Crippen molar-refractivity contribution in [2.24, 2.45) is 0 Å². The van der Waals surface area contributed by atoms with Gasteiger partial charge in [-0.25, -0.2) is 0 Å². The van der Waals surface area contributed by atoms with E-state index in [-0.39, 0.29) is 0 Å². The zero-order chi connectivity index (χ0) is 16.2. The lowest BCUT2D eigenvalue weighted by atomic mass is 10.0. The first kappa shape index (κ1) is 15.9. The van der Waals surface area contributed by atoms with E-state index in [4.69, 9.17) is 0 Å². The van der Waals surface area contributed by atoms with Crippen molar-refractivity contribution >= 4 is 5.82 Å². The number of hydrogen-bond acceptors (Lipinski definition) is 4. The third-order valence-electron chi connectivity index (χ3n) is 4.84. The van der Waals surface area contributed by atoms with Crippen LogP contribution in [0, 0.1) is 0 Å². The Hall–Kier alpha value is -1.94. The van der Waals surface area contributed by atoms with E-state index >= 15 is 0 Å². The van der Waals surface area contributed by atoms with E-state index in [0.717, 1.165) is 17.1 Å². The zero-order valence-corrected chi connectivity index (χ0v) is 14.3. The van der Waals surface area contributed by atoms with E-state index in [9.17, 15) is 0 Å². The number of anilines is 1. The van der Waals surface area contributed by atoms with E-state index in [1.165, 1.54) is 31.2 Å². The van der Waals surface area contributed by atoms with Gasteiger partial charge in [0.15, 0.2) is 0 Å². The largest absolute Gasteiger partial charge is 0.366 e. The van der Waals surface area contributed by atoms with Crippen LogP contribution in [0.4, 0.5) is 5.82 Å². The Labute approximate surface area is 138 Å². The highest BCUT2D eigenvalue weighted by atomic mass is 15.2. The lowest BCUT2D eigenvalue weighted by Gasteiger charge is -2.20. The molecule has 122 valence electrons. The molecule has 0 unspecified atom stereocenters. The average Bonchev–Trinajstić information content (AvgIpc) is 3.08.